The molecular weight excluding hydrogens is 492 g/mol. The highest BCUT2D eigenvalue weighted by molar-refractivity contribution is 9.10. The Morgan fingerprint density at radius 1 is 0.941 bits per heavy atom. The van der Waals surface area contributed by atoms with E-state index in [1.54, 1.807) is 4.90 Å². The molecule has 0 saturated carbocycles. The number of carbonyl (C=O) groups excluding carboxylic acids is 2. The van der Waals surface area contributed by atoms with Crippen LogP contribution in [0.2, 0.25) is 0 Å². The highest BCUT2D eigenvalue weighted by atomic mass is 79.9. The number of carbonyl (C=O) groups is 2. The molecule has 1 atom stereocenters. The number of ether oxygens (including phenoxy) is 1. The van der Waals surface area contributed by atoms with Crippen LogP contribution in [0, 0.1) is 13.8 Å². The largest absolute Gasteiger partial charge is 0.484 e. The zero-order valence-corrected chi connectivity index (χ0v) is 21.5. The molecular formula is C28H31BrN2O3. The summed E-state index contributed by atoms with van der Waals surface area (Å²) in [6.45, 7) is 6.49. The van der Waals surface area contributed by atoms with Gasteiger partial charge in [-0.2, -0.15) is 0 Å². The summed E-state index contributed by atoms with van der Waals surface area (Å²) in [5.41, 5.74) is 4.05. The van der Waals surface area contributed by atoms with E-state index in [1.807, 2.05) is 87.5 Å². The Hall–Kier alpha value is -3.12. The van der Waals surface area contributed by atoms with Gasteiger partial charge in [-0.3, -0.25) is 9.59 Å². The zero-order valence-electron chi connectivity index (χ0n) is 19.9. The predicted octanol–water partition coefficient (Wildman–Crippen LogP) is 5.22. The van der Waals surface area contributed by atoms with Crippen molar-refractivity contribution in [3.63, 3.8) is 0 Å². The van der Waals surface area contributed by atoms with E-state index in [2.05, 4.69) is 27.3 Å². The molecule has 0 saturated heterocycles. The third-order valence-electron chi connectivity index (χ3n) is 5.42. The van der Waals surface area contributed by atoms with Crippen molar-refractivity contribution in [3.8, 4) is 5.75 Å². The Labute approximate surface area is 210 Å². The number of hydrogen-bond acceptors (Lipinski definition) is 3. The van der Waals surface area contributed by atoms with Gasteiger partial charge in [-0.05, 0) is 67.3 Å². The van der Waals surface area contributed by atoms with Crippen molar-refractivity contribution in [3.05, 3.63) is 99.5 Å². The molecule has 0 unspecified atom stereocenters. The molecule has 0 aliphatic rings. The molecule has 0 fully saturated rings. The van der Waals surface area contributed by atoms with Crippen molar-refractivity contribution in [1.29, 1.82) is 0 Å². The molecule has 0 heterocycles. The molecule has 0 aliphatic heterocycles. The van der Waals surface area contributed by atoms with E-state index in [4.69, 9.17) is 4.74 Å². The fourth-order valence-electron chi connectivity index (χ4n) is 3.92. The highest BCUT2D eigenvalue weighted by Crippen LogP contribution is 2.20. The van der Waals surface area contributed by atoms with E-state index < -0.39 is 6.04 Å². The predicted molar refractivity (Wildman–Crippen MR) is 139 cm³/mol. The molecule has 0 spiro atoms. The summed E-state index contributed by atoms with van der Waals surface area (Å²) in [7, 11) is 0. The van der Waals surface area contributed by atoms with E-state index in [0.717, 1.165) is 26.7 Å². The molecule has 3 aromatic carbocycles. The third kappa shape index (κ3) is 7.45. The van der Waals surface area contributed by atoms with Crippen LogP contribution in [0.15, 0.2) is 77.3 Å². The average molecular weight is 523 g/mol. The van der Waals surface area contributed by atoms with Crippen molar-refractivity contribution in [2.75, 3.05) is 13.2 Å². The van der Waals surface area contributed by atoms with Gasteiger partial charge in [0.2, 0.25) is 5.91 Å². The second-order valence-corrected chi connectivity index (χ2v) is 9.28. The molecule has 178 valence electrons. The van der Waals surface area contributed by atoms with Crippen molar-refractivity contribution >= 4 is 27.7 Å². The molecule has 2 amide bonds. The molecule has 5 nitrogen and oxygen atoms in total. The minimum absolute atomic E-state index is 0.151. The van der Waals surface area contributed by atoms with Gasteiger partial charge in [-0.15, -0.1) is 0 Å². The lowest BCUT2D eigenvalue weighted by Crippen LogP contribution is -2.51. The molecule has 0 aromatic heterocycles. The molecule has 34 heavy (non-hydrogen) atoms. The zero-order chi connectivity index (χ0) is 24.5. The van der Waals surface area contributed by atoms with Crippen molar-refractivity contribution in [1.82, 2.24) is 10.2 Å². The standard InChI is InChI=1S/C28H31BrN2O3/c1-4-30-28(33)26(17-22-9-6-5-7-10-22)31(18-23-11-8-12-24(29)16-23)27(32)19-34-25-14-20(2)13-21(3)15-25/h5-16,26H,4,17-19H2,1-3H3,(H,30,33)/t26-/m0/s1. The summed E-state index contributed by atoms with van der Waals surface area (Å²) in [4.78, 5) is 28.3. The Balaban J connectivity index is 1.90. The summed E-state index contributed by atoms with van der Waals surface area (Å²) in [6, 6.07) is 22.7. The number of aryl methyl sites for hydroxylation is 2. The monoisotopic (exact) mass is 522 g/mol. The number of rotatable bonds is 10. The number of nitrogens with zero attached hydrogens (tertiary/aromatic N) is 1. The van der Waals surface area contributed by atoms with E-state index >= 15 is 0 Å². The smallest absolute Gasteiger partial charge is 0.261 e. The Kier molecular flexibility index (Phi) is 9.28. The lowest BCUT2D eigenvalue weighted by molar-refractivity contribution is -0.142. The lowest BCUT2D eigenvalue weighted by atomic mass is 10.0. The second kappa shape index (κ2) is 12.4. The number of benzene rings is 3. The highest BCUT2D eigenvalue weighted by Gasteiger charge is 2.30. The summed E-state index contributed by atoms with van der Waals surface area (Å²) in [5, 5.41) is 2.90. The summed E-state index contributed by atoms with van der Waals surface area (Å²) in [5.74, 6) is 0.221. The first-order valence-electron chi connectivity index (χ1n) is 11.4. The van der Waals surface area contributed by atoms with E-state index in [-0.39, 0.29) is 18.4 Å². The number of nitrogens with one attached hydrogen (secondary N) is 1. The van der Waals surface area contributed by atoms with Crippen LogP contribution < -0.4 is 10.1 Å². The molecule has 6 heteroatoms. The van der Waals surface area contributed by atoms with Gasteiger partial charge in [0.1, 0.15) is 11.8 Å². The van der Waals surface area contributed by atoms with E-state index in [0.29, 0.717) is 25.3 Å². The first kappa shape index (κ1) is 25.5. The van der Waals surface area contributed by atoms with Gasteiger partial charge in [-0.1, -0.05) is 64.5 Å². The average Bonchev–Trinajstić information content (AvgIpc) is 2.80. The van der Waals surface area contributed by atoms with Gasteiger partial charge in [-0.25, -0.2) is 0 Å². The first-order chi connectivity index (χ1) is 16.4. The van der Waals surface area contributed by atoms with Crippen LogP contribution in [0.5, 0.6) is 5.75 Å². The number of hydrogen-bond donors (Lipinski definition) is 1. The quantitative estimate of drug-likeness (QED) is 0.397. The van der Waals surface area contributed by atoms with Crippen LogP contribution in [0.3, 0.4) is 0 Å². The summed E-state index contributed by atoms with van der Waals surface area (Å²) < 4.78 is 6.80. The van der Waals surface area contributed by atoms with Crippen LogP contribution in [0.4, 0.5) is 0 Å². The maximum absolute atomic E-state index is 13.5. The molecule has 3 aromatic rings. The lowest BCUT2D eigenvalue weighted by Gasteiger charge is -2.31. The van der Waals surface area contributed by atoms with Crippen molar-refractivity contribution in [2.24, 2.45) is 0 Å². The topological polar surface area (TPSA) is 58.6 Å². The SMILES string of the molecule is CCNC(=O)[C@H](Cc1ccccc1)N(Cc1cccc(Br)c1)C(=O)COc1cc(C)cc(C)c1. The van der Waals surface area contributed by atoms with Crippen LogP contribution in [0.1, 0.15) is 29.2 Å². The molecule has 0 bridgehead atoms. The van der Waals surface area contributed by atoms with Crippen LogP contribution in [-0.2, 0) is 22.6 Å². The summed E-state index contributed by atoms with van der Waals surface area (Å²) in [6.07, 6.45) is 0.413. The maximum Gasteiger partial charge on any atom is 0.261 e. The molecule has 1 N–H and O–H groups in total. The third-order valence-corrected chi connectivity index (χ3v) is 5.91. The van der Waals surface area contributed by atoms with Gasteiger partial charge in [0, 0.05) is 24.0 Å². The van der Waals surface area contributed by atoms with Gasteiger partial charge >= 0.3 is 0 Å². The van der Waals surface area contributed by atoms with Gasteiger partial charge in [0.25, 0.3) is 5.91 Å². The molecule has 0 aliphatic carbocycles. The van der Waals surface area contributed by atoms with Gasteiger partial charge in [0.15, 0.2) is 6.61 Å². The van der Waals surface area contributed by atoms with Gasteiger partial charge in [0.05, 0.1) is 0 Å². The summed E-state index contributed by atoms with van der Waals surface area (Å²) >= 11 is 3.50. The van der Waals surface area contributed by atoms with Crippen molar-refractivity contribution < 1.29 is 14.3 Å². The normalized spacial score (nSPS) is 11.5. The van der Waals surface area contributed by atoms with Gasteiger partial charge < -0.3 is 15.0 Å². The van der Waals surface area contributed by atoms with Crippen LogP contribution in [-0.4, -0.2) is 35.9 Å². The van der Waals surface area contributed by atoms with E-state index in [1.165, 1.54) is 0 Å². The second-order valence-electron chi connectivity index (χ2n) is 8.36. The van der Waals surface area contributed by atoms with Crippen LogP contribution >= 0.6 is 15.9 Å². The Bertz CT molecular complexity index is 1100. The molecule has 3 rings (SSSR count). The minimum atomic E-state index is -0.670. The van der Waals surface area contributed by atoms with Crippen molar-refractivity contribution in [2.45, 2.75) is 39.8 Å². The minimum Gasteiger partial charge on any atom is -0.484 e. The Morgan fingerprint density at radius 2 is 1.62 bits per heavy atom. The first-order valence-corrected chi connectivity index (χ1v) is 12.2. The van der Waals surface area contributed by atoms with E-state index in [9.17, 15) is 9.59 Å². The Morgan fingerprint density at radius 3 is 2.26 bits per heavy atom. The number of halogens is 1. The van der Waals surface area contributed by atoms with Crippen LogP contribution in [0.25, 0.3) is 0 Å². The fourth-order valence-corrected chi connectivity index (χ4v) is 4.37. The fraction of sp³-hybridized carbons (Fsp3) is 0.286. The number of amides is 2. The molecule has 0 radical (unpaired) electrons. The number of likely N-dealkylation sites (N-methyl/N-ethyl adjacent to an activating group) is 1. The maximum atomic E-state index is 13.5.